The van der Waals surface area contributed by atoms with Gasteiger partial charge in [-0.15, -0.1) is 0 Å². The highest BCUT2D eigenvalue weighted by Crippen LogP contribution is 2.21. The van der Waals surface area contributed by atoms with Gasteiger partial charge in [0.15, 0.2) is 5.11 Å². The number of carbonyl (C=O) groups is 1. The lowest BCUT2D eigenvalue weighted by Gasteiger charge is -2.15. The number of hydrogen-bond donors (Lipinski definition) is 1. The van der Waals surface area contributed by atoms with E-state index in [4.69, 9.17) is 12.2 Å². The Labute approximate surface area is 113 Å². The number of nitrogens with one attached hydrogen (secondary N) is 1. The van der Waals surface area contributed by atoms with Gasteiger partial charge >= 0.3 is 0 Å². The van der Waals surface area contributed by atoms with Crippen LogP contribution in [0.1, 0.15) is 31.7 Å². The van der Waals surface area contributed by atoms with Crippen molar-refractivity contribution in [2.24, 2.45) is 0 Å². The minimum atomic E-state index is -0.154. The van der Waals surface area contributed by atoms with Gasteiger partial charge in [0.05, 0.1) is 5.69 Å². The van der Waals surface area contributed by atoms with Gasteiger partial charge in [-0.25, -0.2) is 0 Å². The van der Waals surface area contributed by atoms with Crippen LogP contribution in [0.15, 0.2) is 24.3 Å². The second kappa shape index (κ2) is 5.48. The standard InChI is InChI=1S/C14H18N2OS/c1-3-4-5-12-13(17)16(14(18)15-12)11-8-6-10(2)7-9-11/h6-9,12H,3-5H2,1-2H3,(H,15,18). The van der Waals surface area contributed by atoms with Gasteiger partial charge in [-0.3, -0.25) is 9.69 Å². The third kappa shape index (κ3) is 2.53. The van der Waals surface area contributed by atoms with Crippen LogP contribution in [0.5, 0.6) is 0 Å². The maximum Gasteiger partial charge on any atom is 0.255 e. The van der Waals surface area contributed by atoms with E-state index in [0.29, 0.717) is 5.11 Å². The molecule has 1 aliphatic heterocycles. The highest BCUT2D eigenvalue weighted by atomic mass is 32.1. The van der Waals surface area contributed by atoms with Gasteiger partial charge < -0.3 is 5.32 Å². The number of thiocarbonyl (C=S) groups is 1. The van der Waals surface area contributed by atoms with E-state index in [1.54, 1.807) is 4.90 Å². The summed E-state index contributed by atoms with van der Waals surface area (Å²) in [4.78, 5) is 13.9. The fourth-order valence-electron chi connectivity index (χ4n) is 2.07. The van der Waals surface area contributed by atoms with Gasteiger partial charge in [0, 0.05) is 0 Å². The summed E-state index contributed by atoms with van der Waals surface area (Å²) in [5.74, 6) is 0.0669. The van der Waals surface area contributed by atoms with E-state index < -0.39 is 0 Å². The Morgan fingerprint density at radius 3 is 2.61 bits per heavy atom. The predicted molar refractivity (Wildman–Crippen MR) is 77.7 cm³/mol. The van der Waals surface area contributed by atoms with E-state index in [1.807, 2.05) is 31.2 Å². The van der Waals surface area contributed by atoms with Gasteiger partial charge in [0.25, 0.3) is 5.91 Å². The van der Waals surface area contributed by atoms with Crippen LogP contribution in [0.2, 0.25) is 0 Å². The maximum atomic E-state index is 12.3. The average Bonchev–Trinajstić information content (AvgIpc) is 2.63. The summed E-state index contributed by atoms with van der Waals surface area (Å²) in [5.41, 5.74) is 2.02. The molecule has 4 heteroatoms. The summed E-state index contributed by atoms with van der Waals surface area (Å²) >= 11 is 5.25. The molecular formula is C14H18N2OS. The number of aryl methyl sites for hydroxylation is 1. The number of benzene rings is 1. The summed E-state index contributed by atoms with van der Waals surface area (Å²) in [6.45, 7) is 4.14. The molecule has 0 aromatic heterocycles. The van der Waals surface area contributed by atoms with Crippen LogP contribution in [0.4, 0.5) is 5.69 Å². The molecule has 1 saturated heterocycles. The molecule has 18 heavy (non-hydrogen) atoms. The van der Waals surface area contributed by atoms with Crippen molar-refractivity contribution in [2.75, 3.05) is 4.90 Å². The predicted octanol–water partition coefficient (Wildman–Crippen LogP) is 2.77. The first-order chi connectivity index (χ1) is 8.63. The van der Waals surface area contributed by atoms with Crippen molar-refractivity contribution < 1.29 is 4.79 Å². The lowest BCUT2D eigenvalue weighted by molar-refractivity contribution is -0.118. The first kappa shape index (κ1) is 13.0. The van der Waals surface area contributed by atoms with Crippen molar-refractivity contribution in [3.8, 4) is 0 Å². The highest BCUT2D eigenvalue weighted by molar-refractivity contribution is 7.80. The summed E-state index contributed by atoms with van der Waals surface area (Å²) in [6.07, 6.45) is 2.97. The van der Waals surface area contributed by atoms with Gasteiger partial charge in [0.2, 0.25) is 0 Å². The van der Waals surface area contributed by atoms with Crippen molar-refractivity contribution in [3.05, 3.63) is 29.8 Å². The Kier molecular flexibility index (Phi) is 3.97. The zero-order chi connectivity index (χ0) is 13.1. The summed E-state index contributed by atoms with van der Waals surface area (Å²) in [6, 6.07) is 7.70. The first-order valence-electron chi connectivity index (χ1n) is 6.34. The van der Waals surface area contributed by atoms with Crippen molar-refractivity contribution >= 4 is 28.9 Å². The molecule has 1 aromatic rings. The first-order valence-corrected chi connectivity index (χ1v) is 6.75. The second-order valence-corrected chi connectivity index (χ2v) is 5.04. The Bertz CT molecular complexity index is 455. The van der Waals surface area contributed by atoms with Crippen molar-refractivity contribution in [3.63, 3.8) is 0 Å². The van der Waals surface area contributed by atoms with E-state index in [2.05, 4.69) is 12.2 Å². The molecule has 2 rings (SSSR count). The molecule has 3 nitrogen and oxygen atoms in total. The van der Waals surface area contributed by atoms with E-state index in [-0.39, 0.29) is 11.9 Å². The van der Waals surface area contributed by atoms with Gasteiger partial charge in [-0.2, -0.15) is 0 Å². The molecule has 1 aromatic carbocycles. The minimum absolute atomic E-state index is 0.0669. The third-order valence-electron chi connectivity index (χ3n) is 3.16. The van der Waals surface area contributed by atoms with Gasteiger partial charge in [-0.05, 0) is 37.7 Å². The normalized spacial score (nSPS) is 19.2. The quantitative estimate of drug-likeness (QED) is 0.847. The number of carbonyl (C=O) groups excluding carboxylic acids is 1. The zero-order valence-electron chi connectivity index (χ0n) is 10.8. The minimum Gasteiger partial charge on any atom is -0.350 e. The number of rotatable bonds is 4. The molecule has 1 N–H and O–H groups in total. The van der Waals surface area contributed by atoms with Crippen molar-refractivity contribution in [1.29, 1.82) is 0 Å². The Balaban J connectivity index is 2.16. The SMILES string of the molecule is CCCCC1NC(=S)N(c2ccc(C)cc2)C1=O. The molecule has 1 unspecified atom stereocenters. The van der Waals surface area contributed by atoms with E-state index in [1.165, 1.54) is 5.56 Å². The molecule has 1 aliphatic rings. The van der Waals surface area contributed by atoms with Crippen LogP contribution in [-0.4, -0.2) is 17.1 Å². The lowest BCUT2D eigenvalue weighted by Crippen LogP contribution is -2.31. The van der Waals surface area contributed by atoms with Crippen LogP contribution in [-0.2, 0) is 4.79 Å². The maximum absolute atomic E-state index is 12.3. The highest BCUT2D eigenvalue weighted by Gasteiger charge is 2.35. The van der Waals surface area contributed by atoms with Crippen LogP contribution in [0, 0.1) is 6.92 Å². The molecule has 0 aliphatic carbocycles. The molecule has 1 heterocycles. The molecule has 0 bridgehead atoms. The molecule has 0 spiro atoms. The number of amides is 1. The summed E-state index contributed by atoms with van der Waals surface area (Å²) < 4.78 is 0. The molecular weight excluding hydrogens is 244 g/mol. The smallest absolute Gasteiger partial charge is 0.255 e. The number of anilines is 1. The largest absolute Gasteiger partial charge is 0.350 e. The number of unbranched alkanes of at least 4 members (excludes halogenated alkanes) is 1. The number of nitrogens with zero attached hydrogens (tertiary/aromatic N) is 1. The topological polar surface area (TPSA) is 32.3 Å². The second-order valence-electron chi connectivity index (χ2n) is 4.65. The fraction of sp³-hybridized carbons (Fsp3) is 0.429. The molecule has 96 valence electrons. The van der Waals surface area contributed by atoms with E-state index in [0.717, 1.165) is 24.9 Å². The van der Waals surface area contributed by atoms with Crippen molar-refractivity contribution in [2.45, 2.75) is 39.2 Å². The zero-order valence-corrected chi connectivity index (χ0v) is 11.6. The van der Waals surface area contributed by atoms with E-state index >= 15 is 0 Å². The van der Waals surface area contributed by atoms with Gasteiger partial charge in [0.1, 0.15) is 6.04 Å². The fourth-order valence-corrected chi connectivity index (χ4v) is 2.41. The Morgan fingerprint density at radius 1 is 1.33 bits per heavy atom. The lowest BCUT2D eigenvalue weighted by atomic mass is 10.1. The Morgan fingerprint density at radius 2 is 2.00 bits per heavy atom. The van der Waals surface area contributed by atoms with E-state index in [9.17, 15) is 4.79 Å². The third-order valence-corrected chi connectivity index (χ3v) is 3.46. The monoisotopic (exact) mass is 262 g/mol. The molecule has 0 saturated carbocycles. The summed E-state index contributed by atoms with van der Waals surface area (Å²) in [5, 5.41) is 3.63. The number of hydrogen-bond acceptors (Lipinski definition) is 2. The van der Waals surface area contributed by atoms with Crippen LogP contribution in [0.3, 0.4) is 0 Å². The molecule has 1 atom stereocenters. The molecule has 1 amide bonds. The van der Waals surface area contributed by atoms with Crippen LogP contribution in [0.25, 0.3) is 0 Å². The summed E-state index contributed by atoms with van der Waals surface area (Å²) in [7, 11) is 0. The van der Waals surface area contributed by atoms with Crippen LogP contribution < -0.4 is 10.2 Å². The van der Waals surface area contributed by atoms with Crippen LogP contribution >= 0.6 is 12.2 Å². The van der Waals surface area contributed by atoms with Gasteiger partial charge in [-0.1, -0.05) is 37.5 Å². The average molecular weight is 262 g/mol. The Hall–Kier alpha value is -1.42. The molecule has 1 fully saturated rings. The van der Waals surface area contributed by atoms with Crippen molar-refractivity contribution in [1.82, 2.24) is 5.32 Å². The molecule has 0 radical (unpaired) electrons.